The summed E-state index contributed by atoms with van der Waals surface area (Å²) in [5.41, 5.74) is 1.48. The lowest BCUT2D eigenvalue weighted by Gasteiger charge is -2.20. The molecule has 1 aromatic carbocycles. The summed E-state index contributed by atoms with van der Waals surface area (Å²) in [6.45, 7) is 2.14. The maximum atomic E-state index is 11.8. The van der Waals surface area contributed by atoms with E-state index in [1.165, 1.54) is 5.56 Å². The number of nitrogens with one attached hydrogen (secondary N) is 2. The first-order valence-electron chi connectivity index (χ1n) is 8.44. The van der Waals surface area contributed by atoms with E-state index in [0.717, 1.165) is 23.9 Å². The highest BCUT2D eigenvalue weighted by Gasteiger charge is 2.44. The van der Waals surface area contributed by atoms with Crippen LogP contribution in [0.25, 0.3) is 0 Å². The number of nitrogens with zero attached hydrogens (tertiary/aromatic N) is 2. The molecule has 0 radical (unpaired) electrons. The van der Waals surface area contributed by atoms with E-state index >= 15 is 0 Å². The molecule has 0 spiro atoms. The van der Waals surface area contributed by atoms with Crippen LogP contribution in [0, 0.1) is 0 Å². The van der Waals surface area contributed by atoms with Crippen LogP contribution in [0.1, 0.15) is 18.4 Å². The van der Waals surface area contributed by atoms with Crippen LogP contribution in [0.2, 0.25) is 0 Å². The van der Waals surface area contributed by atoms with E-state index in [0.29, 0.717) is 19.1 Å². The van der Waals surface area contributed by atoms with Crippen molar-refractivity contribution in [2.24, 2.45) is 4.99 Å². The molecule has 0 aliphatic heterocycles. The fraction of sp³-hybridized carbons (Fsp3) is 0.556. The molecule has 1 aromatic rings. The van der Waals surface area contributed by atoms with Crippen LogP contribution in [0.15, 0.2) is 33.7 Å². The summed E-state index contributed by atoms with van der Waals surface area (Å²) in [6, 6.07) is 8.46. The number of guanidine groups is 1. The van der Waals surface area contributed by atoms with Crippen LogP contribution < -0.4 is 10.6 Å². The highest BCUT2D eigenvalue weighted by atomic mass is 127. The number of carbonyl (C=O) groups is 1. The van der Waals surface area contributed by atoms with E-state index < -0.39 is 0 Å². The zero-order chi connectivity index (χ0) is 18.3. The van der Waals surface area contributed by atoms with Crippen molar-refractivity contribution < 1.29 is 9.53 Å². The maximum absolute atomic E-state index is 11.8. The van der Waals surface area contributed by atoms with Crippen LogP contribution in [0.4, 0.5) is 0 Å². The van der Waals surface area contributed by atoms with Crippen LogP contribution in [-0.4, -0.2) is 64.2 Å². The quantitative estimate of drug-likeness (QED) is 0.231. The van der Waals surface area contributed by atoms with Gasteiger partial charge in [-0.15, -0.1) is 24.0 Å². The summed E-state index contributed by atoms with van der Waals surface area (Å²) in [6.07, 6.45) is 2.30. The topological polar surface area (TPSA) is 66.0 Å². The largest absolute Gasteiger partial charge is 0.383 e. The van der Waals surface area contributed by atoms with E-state index in [-0.39, 0.29) is 41.8 Å². The Hall–Kier alpha value is -0.870. The second-order valence-electron chi connectivity index (χ2n) is 6.52. The molecule has 0 saturated heterocycles. The molecule has 1 aliphatic carbocycles. The van der Waals surface area contributed by atoms with Gasteiger partial charge in [0.15, 0.2) is 5.96 Å². The Morgan fingerprint density at radius 1 is 1.35 bits per heavy atom. The van der Waals surface area contributed by atoms with Gasteiger partial charge in [0.25, 0.3) is 0 Å². The molecule has 0 atom stereocenters. The standard InChI is InChI=1S/C18H27BrN4O2.HI/c1-23(2)16(24)12-21-17(20-9-10-25-3)22-13-18(7-8-18)14-5-4-6-15(19)11-14;/h4-6,11H,7-10,12-13H2,1-3H3,(H2,20,21,22);1H. The second kappa shape index (κ2) is 11.1. The number of halogens is 2. The molecule has 2 rings (SSSR count). The summed E-state index contributed by atoms with van der Waals surface area (Å²) >= 11 is 3.55. The van der Waals surface area contributed by atoms with Crippen molar-refractivity contribution in [1.82, 2.24) is 15.5 Å². The molecule has 0 bridgehead atoms. The molecular formula is C18H28BrIN4O2. The first-order valence-corrected chi connectivity index (χ1v) is 9.23. The van der Waals surface area contributed by atoms with E-state index in [9.17, 15) is 4.79 Å². The van der Waals surface area contributed by atoms with Gasteiger partial charge in [-0.05, 0) is 30.5 Å². The van der Waals surface area contributed by atoms with Gasteiger partial charge in [-0.2, -0.15) is 0 Å². The number of methoxy groups -OCH3 is 1. The number of likely N-dealkylation sites (N-methyl/N-ethyl adjacent to an activating group) is 1. The lowest BCUT2D eigenvalue weighted by Crippen LogP contribution is -2.43. The third kappa shape index (κ3) is 7.03. The number of hydrogen-bond acceptors (Lipinski definition) is 3. The van der Waals surface area contributed by atoms with Crippen LogP contribution >= 0.6 is 39.9 Å². The predicted octanol–water partition coefficient (Wildman–Crippen LogP) is 2.37. The minimum Gasteiger partial charge on any atom is -0.383 e. The number of hydrogen-bond donors (Lipinski definition) is 2. The van der Waals surface area contributed by atoms with Gasteiger partial charge in [0.1, 0.15) is 6.54 Å². The fourth-order valence-electron chi connectivity index (χ4n) is 2.52. The van der Waals surface area contributed by atoms with Crippen molar-refractivity contribution >= 4 is 51.8 Å². The van der Waals surface area contributed by atoms with Crippen molar-refractivity contribution in [3.05, 3.63) is 34.3 Å². The summed E-state index contributed by atoms with van der Waals surface area (Å²) in [5, 5.41) is 6.60. The summed E-state index contributed by atoms with van der Waals surface area (Å²) in [7, 11) is 5.12. The Morgan fingerprint density at radius 2 is 2.08 bits per heavy atom. The highest BCUT2D eigenvalue weighted by molar-refractivity contribution is 14.0. The number of aliphatic imine (C=N–C) groups is 1. The molecule has 0 aromatic heterocycles. The third-order valence-corrected chi connectivity index (χ3v) is 4.85. The van der Waals surface area contributed by atoms with Gasteiger partial charge in [-0.25, -0.2) is 4.99 Å². The van der Waals surface area contributed by atoms with E-state index in [1.54, 1.807) is 26.1 Å². The number of benzene rings is 1. The number of rotatable bonds is 8. The van der Waals surface area contributed by atoms with Gasteiger partial charge >= 0.3 is 0 Å². The Balaban J connectivity index is 0.00000338. The first kappa shape index (κ1) is 23.2. The number of amides is 1. The number of carbonyl (C=O) groups excluding carboxylic acids is 1. The van der Waals surface area contributed by atoms with E-state index in [4.69, 9.17) is 4.74 Å². The molecule has 1 aliphatic rings. The van der Waals surface area contributed by atoms with Crippen LogP contribution in [0.3, 0.4) is 0 Å². The average molecular weight is 539 g/mol. The fourth-order valence-corrected chi connectivity index (χ4v) is 2.92. The zero-order valence-corrected chi connectivity index (χ0v) is 19.5. The summed E-state index contributed by atoms with van der Waals surface area (Å²) < 4.78 is 6.17. The van der Waals surface area contributed by atoms with E-state index in [1.807, 2.05) is 6.07 Å². The molecule has 1 saturated carbocycles. The van der Waals surface area contributed by atoms with Crippen molar-refractivity contribution in [3.8, 4) is 0 Å². The van der Waals surface area contributed by atoms with Gasteiger partial charge < -0.3 is 20.3 Å². The third-order valence-electron chi connectivity index (χ3n) is 4.35. The lowest BCUT2D eigenvalue weighted by molar-refractivity contribution is -0.127. The van der Waals surface area contributed by atoms with Gasteiger partial charge in [0, 0.05) is 44.2 Å². The van der Waals surface area contributed by atoms with Crippen molar-refractivity contribution in [1.29, 1.82) is 0 Å². The average Bonchev–Trinajstić information content (AvgIpc) is 3.37. The van der Waals surface area contributed by atoms with Gasteiger partial charge in [-0.3, -0.25) is 4.79 Å². The Morgan fingerprint density at radius 3 is 2.65 bits per heavy atom. The van der Waals surface area contributed by atoms with E-state index in [2.05, 4.69) is 49.8 Å². The molecule has 26 heavy (non-hydrogen) atoms. The SMILES string of the molecule is COCCNC(=NCC(=O)N(C)C)NCC1(c2cccc(Br)c2)CC1.I. The molecule has 2 N–H and O–H groups in total. The minimum atomic E-state index is -0.0269. The molecule has 8 heteroatoms. The molecule has 0 unspecified atom stereocenters. The Kier molecular flexibility index (Phi) is 9.88. The van der Waals surface area contributed by atoms with Crippen molar-refractivity contribution in [3.63, 3.8) is 0 Å². The zero-order valence-electron chi connectivity index (χ0n) is 15.5. The van der Waals surface area contributed by atoms with Gasteiger partial charge in [0.2, 0.25) is 5.91 Å². The normalized spacial score (nSPS) is 15.0. The first-order chi connectivity index (χ1) is 12.0. The molecular weight excluding hydrogens is 511 g/mol. The maximum Gasteiger partial charge on any atom is 0.243 e. The number of ether oxygens (including phenoxy) is 1. The molecule has 146 valence electrons. The minimum absolute atomic E-state index is 0. The molecule has 1 amide bonds. The smallest absolute Gasteiger partial charge is 0.243 e. The predicted molar refractivity (Wildman–Crippen MR) is 119 cm³/mol. The van der Waals surface area contributed by atoms with Crippen LogP contribution in [0.5, 0.6) is 0 Å². The Bertz CT molecular complexity index is 621. The summed E-state index contributed by atoms with van der Waals surface area (Å²) in [5.74, 6) is 0.620. The molecule has 0 heterocycles. The van der Waals surface area contributed by atoms with Gasteiger partial charge in [0.05, 0.1) is 6.61 Å². The van der Waals surface area contributed by atoms with Gasteiger partial charge in [-0.1, -0.05) is 28.1 Å². The molecule has 6 nitrogen and oxygen atoms in total. The van der Waals surface area contributed by atoms with Crippen LogP contribution in [-0.2, 0) is 14.9 Å². The monoisotopic (exact) mass is 538 g/mol. The van der Waals surface area contributed by atoms with Crippen molar-refractivity contribution in [2.75, 3.05) is 47.4 Å². The Labute approximate surface area is 181 Å². The lowest BCUT2D eigenvalue weighted by atomic mass is 9.96. The highest BCUT2D eigenvalue weighted by Crippen LogP contribution is 2.48. The second-order valence-corrected chi connectivity index (χ2v) is 7.43. The summed E-state index contributed by atoms with van der Waals surface area (Å²) in [4.78, 5) is 17.7. The van der Waals surface area contributed by atoms with Crippen molar-refractivity contribution in [2.45, 2.75) is 18.3 Å². The molecule has 1 fully saturated rings.